The van der Waals surface area contributed by atoms with Gasteiger partial charge in [0.05, 0.1) is 18.6 Å². The summed E-state index contributed by atoms with van der Waals surface area (Å²) in [5.74, 6) is 0.412. The van der Waals surface area contributed by atoms with Crippen molar-refractivity contribution in [3.63, 3.8) is 0 Å². The predicted molar refractivity (Wildman–Crippen MR) is 123 cm³/mol. The number of hydrogen-bond donors (Lipinski definition) is 2. The number of hydrogen-bond acceptors (Lipinski definition) is 7. The van der Waals surface area contributed by atoms with Crippen LogP contribution in [0.25, 0.3) is 0 Å². The average Bonchev–Trinajstić information content (AvgIpc) is 3.19. The largest absolute Gasteiger partial charge is 0.495 e. The number of nitrogens with one attached hydrogen (secondary N) is 2. The molecule has 1 atom stereocenters. The lowest BCUT2D eigenvalue weighted by Crippen LogP contribution is -2.52. The minimum absolute atomic E-state index is 0.136. The monoisotopic (exact) mass is 437 g/mol. The van der Waals surface area contributed by atoms with E-state index in [0.717, 1.165) is 11.3 Å². The van der Waals surface area contributed by atoms with Crippen LogP contribution >= 0.6 is 11.8 Å². The smallest absolute Gasteiger partial charge is 0.276 e. The van der Waals surface area contributed by atoms with Crippen LogP contribution in [0.3, 0.4) is 0 Å². The lowest BCUT2D eigenvalue weighted by atomic mass is 10.1. The van der Waals surface area contributed by atoms with E-state index < -0.39 is 6.17 Å². The number of amides is 2. The number of methoxy groups -OCH3 is 1. The lowest BCUT2D eigenvalue weighted by Gasteiger charge is -2.32. The second-order valence-electron chi connectivity index (χ2n) is 7.15. The van der Waals surface area contributed by atoms with Crippen molar-refractivity contribution in [3.8, 4) is 5.75 Å². The van der Waals surface area contributed by atoms with Crippen molar-refractivity contribution in [2.75, 3.05) is 23.1 Å². The van der Waals surface area contributed by atoms with E-state index in [1.54, 1.807) is 41.4 Å². The van der Waals surface area contributed by atoms with E-state index in [0.29, 0.717) is 16.6 Å². The second-order valence-corrected chi connectivity index (χ2v) is 8.09. The number of fused-ring (bicyclic) bond motifs is 1. The molecule has 0 aliphatic carbocycles. The molecule has 2 aliphatic heterocycles. The number of carbonyl (C=O) groups excluding carboxylic acids is 2. The first-order valence-corrected chi connectivity index (χ1v) is 10.7. The quantitative estimate of drug-likeness (QED) is 0.748. The standard InChI is InChI=1S/C22H23N5O3S/c1-14-8-9-16(12-15(14)2)26-10-11-27-20(21(26)29)24-25-22(27)31-13-19(28)23-17-6-4-5-7-18(17)30-3/h4-12,20,24H,13H2,1-3H3,(H,23,28). The summed E-state index contributed by atoms with van der Waals surface area (Å²) in [6.45, 7) is 4.06. The Balaban J connectivity index is 1.39. The predicted octanol–water partition coefficient (Wildman–Crippen LogP) is 3.00. The third-order valence-corrected chi connectivity index (χ3v) is 6.08. The number of rotatable bonds is 5. The molecule has 0 spiro atoms. The van der Waals surface area contributed by atoms with Crippen LogP contribution < -0.4 is 20.4 Å². The molecule has 31 heavy (non-hydrogen) atoms. The Morgan fingerprint density at radius 1 is 1.19 bits per heavy atom. The molecule has 0 saturated carbocycles. The SMILES string of the molecule is COc1ccccc1NC(=O)CSC1=NNC2C(=O)N(c3ccc(C)c(C)c3)C=CN12. The summed E-state index contributed by atoms with van der Waals surface area (Å²) in [4.78, 5) is 28.7. The fraction of sp³-hybridized carbons (Fsp3) is 0.227. The molecule has 2 aromatic carbocycles. The zero-order valence-corrected chi connectivity index (χ0v) is 18.3. The average molecular weight is 438 g/mol. The fourth-order valence-electron chi connectivity index (χ4n) is 3.27. The summed E-state index contributed by atoms with van der Waals surface area (Å²) in [6, 6.07) is 13.1. The van der Waals surface area contributed by atoms with Gasteiger partial charge in [-0.2, -0.15) is 5.10 Å². The van der Waals surface area contributed by atoms with E-state index in [-0.39, 0.29) is 17.6 Å². The van der Waals surface area contributed by atoms with Crippen molar-refractivity contribution in [1.82, 2.24) is 10.3 Å². The zero-order valence-electron chi connectivity index (χ0n) is 17.5. The molecule has 0 fully saturated rings. The summed E-state index contributed by atoms with van der Waals surface area (Å²) in [5, 5.41) is 7.65. The molecule has 0 radical (unpaired) electrons. The number of benzene rings is 2. The van der Waals surface area contributed by atoms with Crippen LogP contribution in [0.15, 0.2) is 60.0 Å². The van der Waals surface area contributed by atoms with Crippen molar-refractivity contribution in [2.24, 2.45) is 5.10 Å². The number of aryl methyl sites for hydroxylation is 2. The highest BCUT2D eigenvalue weighted by Crippen LogP contribution is 2.27. The highest BCUT2D eigenvalue weighted by atomic mass is 32.2. The molecule has 2 heterocycles. The molecule has 2 aromatic rings. The normalized spacial score (nSPS) is 17.2. The van der Waals surface area contributed by atoms with Gasteiger partial charge in [-0.05, 0) is 49.2 Å². The van der Waals surface area contributed by atoms with Crippen LogP contribution in [0, 0.1) is 13.8 Å². The molecular weight excluding hydrogens is 414 g/mol. The third-order valence-electron chi connectivity index (χ3n) is 5.11. The summed E-state index contributed by atoms with van der Waals surface area (Å²) < 4.78 is 5.25. The maximum Gasteiger partial charge on any atom is 0.276 e. The molecule has 4 rings (SSSR count). The lowest BCUT2D eigenvalue weighted by molar-refractivity contribution is -0.122. The fourth-order valence-corrected chi connectivity index (χ4v) is 4.04. The molecular formula is C22H23N5O3S. The minimum Gasteiger partial charge on any atom is -0.495 e. The molecule has 0 aromatic heterocycles. The van der Waals surface area contributed by atoms with Crippen molar-refractivity contribution in [3.05, 3.63) is 66.0 Å². The first-order valence-electron chi connectivity index (χ1n) is 9.74. The van der Waals surface area contributed by atoms with Gasteiger partial charge in [-0.1, -0.05) is 30.0 Å². The van der Waals surface area contributed by atoms with Crippen LogP contribution in [-0.2, 0) is 9.59 Å². The van der Waals surface area contributed by atoms with Crippen molar-refractivity contribution in [1.29, 1.82) is 0 Å². The number of thioether (sulfide) groups is 1. The molecule has 2 N–H and O–H groups in total. The Morgan fingerprint density at radius 3 is 2.77 bits per heavy atom. The molecule has 8 nitrogen and oxygen atoms in total. The van der Waals surface area contributed by atoms with Gasteiger partial charge in [-0.15, -0.1) is 0 Å². The van der Waals surface area contributed by atoms with E-state index in [4.69, 9.17) is 4.74 Å². The van der Waals surface area contributed by atoms with Gasteiger partial charge < -0.3 is 10.1 Å². The van der Waals surface area contributed by atoms with Gasteiger partial charge >= 0.3 is 0 Å². The van der Waals surface area contributed by atoms with Crippen molar-refractivity contribution < 1.29 is 14.3 Å². The highest BCUT2D eigenvalue weighted by Gasteiger charge is 2.38. The van der Waals surface area contributed by atoms with E-state index in [1.165, 1.54) is 17.3 Å². The third kappa shape index (κ3) is 4.22. The molecule has 0 saturated heterocycles. The highest BCUT2D eigenvalue weighted by molar-refractivity contribution is 8.14. The number of amidine groups is 1. The summed E-state index contributed by atoms with van der Waals surface area (Å²) >= 11 is 1.25. The summed E-state index contributed by atoms with van der Waals surface area (Å²) in [7, 11) is 1.56. The number of anilines is 2. The van der Waals surface area contributed by atoms with E-state index in [2.05, 4.69) is 15.8 Å². The van der Waals surface area contributed by atoms with Crippen LogP contribution in [0.2, 0.25) is 0 Å². The van der Waals surface area contributed by atoms with Gasteiger partial charge in [0.25, 0.3) is 5.91 Å². The molecule has 1 unspecified atom stereocenters. The Kier molecular flexibility index (Phi) is 5.85. The number of para-hydroxylation sites is 2. The van der Waals surface area contributed by atoms with E-state index in [9.17, 15) is 9.59 Å². The van der Waals surface area contributed by atoms with Crippen LogP contribution in [0.1, 0.15) is 11.1 Å². The Hall–Kier alpha value is -3.46. The molecule has 2 amide bonds. The second kappa shape index (κ2) is 8.73. The number of carbonyl (C=O) groups is 2. The molecule has 160 valence electrons. The Morgan fingerprint density at radius 2 is 2.00 bits per heavy atom. The van der Waals surface area contributed by atoms with Gasteiger partial charge in [-0.3, -0.25) is 24.8 Å². The Labute approximate surface area is 184 Å². The van der Waals surface area contributed by atoms with E-state index in [1.807, 2.05) is 44.2 Å². The number of nitrogens with zero attached hydrogens (tertiary/aromatic N) is 3. The van der Waals surface area contributed by atoms with Crippen molar-refractivity contribution in [2.45, 2.75) is 20.0 Å². The number of hydrazone groups is 1. The van der Waals surface area contributed by atoms with Crippen LogP contribution in [0.4, 0.5) is 11.4 Å². The summed E-state index contributed by atoms with van der Waals surface area (Å²) in [6.07, 6.45) is 2.89. The first kappa shape index (κ1) is 20.8. The topological polar surface area (TPSA) is 86.3 Å². The van der Waals surface area contributed by atoms with Crippen molar-refractivity contribution >= 4 is 40.1 Å². The van der Waals surface area contributed by atoms with Crippen LogP contribution in [0.5, 0.6) is 5.75 Å². The number of ether oxygens (including phenoxy) is 1. The van der Waals surface area contributed by atoms with Gasteiger partial charge in [0, 0.05) is 18.1 Å². The minimum atomic E-state index is -0.633. The summed E-state index contributed by atoms with van der Waals surface area (Å²) in [5.41, 5.74) is 6.58. The molecule has 2 aliphatic rings. The van der Waals surface area contributed by atoms with Gasteiger partial charge in [0.2, 0.25) is 12.1 Å². The first-order chi connectivity index (χ1) is 15.0. The zero-order chi connectivity index (χ0) is 22.0. The van der Waals surface area contributed by atoms with Gasteiger partial charge in [0.1, 0.15) is 5.75 Å². The molecule has 0 bridgehead atoms. The van der Waals surface area contributed by atoms with Gasteiger partial charge in [0.15, 0.2) is 5.17 Å². The van der Waals surface area contributed by atoms with Gasteiger partial charge in [-0.25, -0.2) is 0 Å². The maximum atomic E-state index is 13.0. The van der Waals surface area contributed by atoms with Crippen LogP contribution in [-0.4, -0.2) is 40.9 Å². The molecule has 9 heteroatoms. The van der Waals surface area contributed by atoms with E-state index >= 15 is 0 Å². The maximum absolute atomic E-state index is 13.0. The Bertz CT molecular complexity index is 1080.